The monoisotopic (exact) mass is 229 g/mol. The maximum Gasteiger partial charge on any atom is 0.0297 e. The highest BCUT2D eigenvalue weighted by Crippen LogP contribution is 2.24. The molecule has 1 aromatic carbocycles. The number of aryl methyl sites for hydroxylation is 1. The molecule has 92 valence electrons. The van der Waals surface area contributed by atoms with Gasteiger partial charge in [0.05, 0.1) is 0 Å². The van der Waals surface area contributed by atoms with Crippen LogP contribution in [-0.2, 0) is 6.42 Å². The Hall–Kier alpha value is -1.08. The van der Waals surface area contributed by atoms with Gasteiger partial charge in [0.2, 0.25) is 0 Å². The minimum Gasteiger partial charge on any atom is -0.324 e. The van der Waals surface area contributed by atoms with Crippen molar-refractivity contribution in [3.05, 3.63) is 47.5 Å². The van der Waals surface area contributed by atoms with Crippen molar-refractivity contribution >= 4 is 0 Å². The SMILES string of the molecule is CC1C=CCCCc2ccccc2C(N)CC1. The van der Waals surface area contributed by atoms with Crippen molar-refractivity contribution in [1.29, 1.82) is 0 Å². The average Bonchev–Trinajstić information content (AvgIpc) is 2.38. The van der Waals surface area contributed by atoms with E-state index in [-0.39, 0.29) is 6.04 Å². The Morgan fingerprint density at radius 2 is 2.00 bits per heavy atom. The summed E-state index contributed by atoms with van der Waals surface area (Å²) in [6, 6.07) is 8.89. The normalized spacial score (nSPS) is 26.0. The molecule has 0 bridgehead atoms. The van der Waals surface area contributed by atoms with E-state index in [0.717, 1.165) is 12.8 Å². The summed E-state index contributed by atoms with van der Waals surface area (Å²) in [5.74, 6) is 0.659. The third-order valence-corrected chi connectivity index (χ3v) is 3.67. The number of rotatable bonds is 0. The van der Waals surface area contributed by atoms with Gasteiger partial charge in [0.15, 0.2) is 0 Å². The van der Waals surface area contributed by atoms with E-state index in [2.05, 4.69) is 43.3 Å². The second-order valence-electron chi connectivity index (χ2n) is 5.18. The van der Waals surface area contributed by atoms with Crippen molar-refractivity contribution in [3.8, 4) is 0 Å². The molecule has 0 saturated carbocycles. The molecular weight excluding hydrogens is 206 g/mol. The van der Waals surface area contributed by atoms with Gasteiger partial charge in [-0.25, -0.2) is 0 Å². The lowest BCUT2D eigenvalue weighted by atomic mass is 9.93. The molecule has 0 spiro atoms. The minimum absolute atomic E-state index is 0.208. The molecule has 0 aliphatic heterocycles. The van der Waals surface area contributed by atoms with E-state index in [1.54, 1.807) is 0 Å². The quantitative estimate of drug-likeness (QED) is 0.669. The molecule has 1 aliphatic carbocycles. The van der Waals surface area contributed by atoms with Gasteiger partial charge in [-0.05, 0) is 49.1 Å². The minimum atomic E-state index is 0.208. The molecule has 0 amide bonds. The van der Waals surface area contributed by atoms with Crippen molar-refractivity contribution < 1.29 is 0 Å². The molecule has 1 aromatic rings. The Labute approximate surface area is 105 Å². The molecule has 2 atom stereocenters. The van der Waals surface area contributed by atoms with Crippen LogP contribution in [0.15, 0.2) is 36.4 Å². The smallest absolute Gasteiger partial charge is 0.0297 e. The molecule has 1 heteroatoms. The Kier molecular flexibility index (Phi) is 4.38. The Bertz CT molecular complexity index is 381. The zero-order valence-electron chi connectivity index (χ0n) is 10.7. The van der Waals surface area contributed by atoms with Crippen LogP contribution in [0.4, 0.5) is 0 Å². The Morgan fingerprint density at radius 1 is 1.18 bits per heavy atom. The van der Waals surface area contributed by atoms with Crippen molar-refractivity contribution in [3.63, 3.8) is 0 Å². The zero-order chi connectivity index (χ0) is 12.1. The van der Waals surface area contributed by atoms with Gasteiger partial charge in [0.25, 0.3) is 0 Å². The van der Waals surface area contributed by atoms with E-state index in [0.29, 0.717) is 5.92 Å². The summed E-state index contributed by atoms with van der Waals surface area (Å²) in [7, 11) is 0. The van der Waals surface area contributed by atoms with Gasteiger partial charge in [-0.1, -0.05) is 43.3 Å². The molecule has 2 unspecified atom stereocenters. The van der Waals surface area contributed by atoms with Crippen LogP contribution in [0.3, 0.4) is 0 Å². The van der Waals surface area contributed by atoms with Gasteiger partial charge in [-0.3, -0.25) is 0 Å². The molecule has 0 aromatic heterocycles. The van der Waals surface area contributed by atoms with E-state index in [9.17, 15) is 0 Å². The number of hydrogen-bond donors (Lipinski definition) is 1. The third-order valence-electron chi connectivity index (χ3n) is 3.67. The summed E-state index contributed by atoms with van der Waals surface area (Å²) in [5, 5.41) is 0. The first kappa shape index (κ1) is 12.4. The van der Waals surface area contributed by atoms with Gasteiger partial charge in [0, 0.05) is 6.04 Å². The second-order valence-corrected chi connectivity index (χ2v) is 5.18. The lowest BCUT2D eigenvalue weighted by Gasteiger charge is -2.17. The summed E-state index contributed by atoms with van der Waals surface area (Å²) < 4.78 is 0. The number of allylic oxidation sites excluding steroid dienone is 2. The van der Waals surface area contributed by atoms with Crippen molar-refractivity contribution in [2.75, 3.05) is 0 Å². The van der Waals surface area contributed by atoms with Gasteiger partial charge < -0.3 is 5.73 Å². The summed E-state index contributed by atoms with van der Waals surface area (Å²) in [6.45, 7) is 2.28. The summed E-state index contributed by atoms with van der Waals surface area (Å²) >= 11 is 0. The highest BCUT2D eigenvalue weighted by atomic mass is 14.6. The standard InChI is InChI=1S/C16H23N/c1-13-7-3-2-4-8-14-9-5-6-10-15(14)16(17)12-11-13/h3,5-7,9-10,13,16H,2,4,8,11-12,17H2,1H3. The van der Waals surface area contributed by atoms with E-state index in [4.69, 9.17) is 5.73 Å². The molecule has 1 aliphatic rings. The van der Waals surface area contributed by atoms with Gasteiger partial charge in [-0.2, -0.15) is 0 Å². The lowest BCUT2D eigenvalue weighted by Crippen LogP contribution is -2.13. The van der Waals surface area contributed by atoms with E-state index in [1.165, 1.54) is 30.4 Å². The average molecular weight is 229 g/mol. The van der Waals surface area contributed by atoms with Crippen LogP contribution in [-0.4, -0.2) is 0 Å². The fourth-order valence-corrected chi connectivity index (χ4v) is 2.56. The molecule has 0 saturated heterocycles. The topological polar surface area (TPSA) is 26.0 Å². The molecule has 2 rings (SSSR count). The second kappa shape index (κ2) is 6.02. The highest BCUT2D eigenvalue weighted by Gasteiger charge is 2.12. The number of hydrogen-bond acceptors (Lipinski definition) is 1. The highest BCUT2D eigenvalue weighted by molar-refractivity contribution is 5.30. The first-order valence-electron chi connectivity index (χ1n) is 6.77. The molecule has 17 heavy (non-hydrogen) atoms. The van der Waals surface area contributed by atoms with Crippen LogP contribution in [0, 0.1) is 5.92 Å². The molecular formula is C16H23N. The number of benzene rings is 1. The van der Waals surface area contributed by atoms with Crippen LogP contribution in [0.25, 0.3) is 0 Å². The first-order chi connectivity index (χ1) is 8.27. The summed E-state index contributed by atoms with van der Waals surface area (Å²) in [6.07, 6.45) is 10.5. The van der Waals surface area contributed by atoms with Crippen LogP contribution in [0.5, 0.6) is 0 Å². The van der Waals surface area contributed by atoms with E-state index < -0.39 is 0 Å². The maximum atomic E-state index is 6.33. The third kappa shape index (κ3) is 3.44. The van der Waals surface area contributed by atoms with Crippen LogP contribution in [0.2, 0.25) is 0 Å². The van der Waals surface area contributed by atoms with Gasteiger partial charge in [-0.15, -0.1) is 0 Å². The van der Waals surface area contributed by atoms with Gasteiger partial charge >= 0.3 is 0 Å². The summed E-state index contributed by atoms with van der Waals surface area (Å²) in [4.78, 5) is 0. The van der Waals surface area contributed by atoms with Crippen molar-refractivity contribution in [2.24, 2.45) is 11.7 Å². The zero-order valence-corrected chi connectivity index (χ0v) is 10.7. The molecule has 0 radical (unpaired) electrons. The lowest BCUT2D eigenvalue weighted by molar-refractivity contribution is 0.539. The molecule has 0 heterocycles. The predicted octanol–water partition coefficient (Wildman–Crippen LogP) is 4.00. The first-order valence-corrected chi connectivity index (χ1v) is 6.77. The predicted molar refractivity (Wildman–Crippen MR) is 73.8 cm³/mol. The van der Waals surface area contributed by atoms with Crippen molar-refractivity contribution in [2.45, 2.75) is 45.1 Å². The van der Waals surface area contributed by atoms with Gasteiger partial charge in [0.1, 0.15) is 0 Å². The van der Waals surface area contributed by atoms with Crippen molar-refractivity contribution in [1.82, 2.24) is 0 Å². The van der Waals surface area contributed by atoms with E-state index in [1.807, 2.05) is 0 Å². The number of nitrogens with two attached hydrogens (primary N) is 1. The largest absolute Gasteiger partial charge is 0.324 e. The molecule has 2 N–H and O–H groups in total. The fourth-order valence-electron chi connectivity index (χ4n) is 2.56. The summed E-state index contributed by atoms with van der Waals surface area (Å²) in [5.41, 5.74) is 9.14. The number of fused-ring (bicyclic) bond motifs is 1. The molecule has 1 nitrogen and oxygen atoms in total. The van der Waals surface area contributed by atoms with E-state index >= 15 is 0 Å². The van der Waals surface area contributed by atoms with Crippen LogP contribution in [0.1, 0.15) is 49.8 Å². The molecule has 0 fully saturated rings. The Morgan fingerprint density at radius 3 is 2.88 bits per heavy atom. The Balaban J connectivity index is 2.19. The maximum absolute atomic E-state index is 6.33. The van der Waals surface area contributed by atoms with Crippen LogP contribution < -0.4 is 5.73 Å². The van der Waals surface area contributed by atoms with Crippen LogP contribution >= 0.6 is 0 Å². The fraction of sp³-hybridized carbons (Fsp3) is 0.500.